The first-order chi connectivity index (χ1) is 13.6. The quantitative estimate of drug-likeness (QED) is 0.867. The van der Waals surface area contributed by atoms with E-state index in [2.05, 4.69) is 35.5 Å². The van der Waals surface area contributed by atoms with E-state index in [1.807, 2.05) is 36.4 Å². The van der Waals surface area contributed by atoms with Crippen molar-refractivity contribution in [3.05, 3.63) is 65.7 Å². The molecule has 2 aromatic rings. The van der Waals surface area contributed by atoms with Crippen LogP contribution in [-0.4, -0.2) is 50.8 Å². The topological polar surface area (TPSA) is 50.8 Å². The molecule has 0 saturated carbocycles. The van der Waals surface area contributed by atoms with E-state index < -0.39 is 0 Å². The highest BCUT2D eigenvalue weighted by molar-refractivity contribution is 5.78. The fraction of sp³-hybridized carbons (Fsp3) is 0.435. The number of nitrogens with zero attached hydrogens (tertiary/aromatic N) is 1. The Kier molecular flexibility index (Phi) is 5.38. The van der Waals surface area contributed by atoms with Gasteiger partial charge < -0.3 is 19.7 Å². The van der Waals surface area contributed by atoms with Gasteiger partial charge in [-0.3, -0.25) is 4.79 Å². The van der Waals surface area contributed by atoms with E-state index in [1.54, 1.807) is 7.11 Å². The molecule has 0 unspecified atom stereocenters. The van der Waals surface area contributed by atoms with E-state index in [4.69, 9.17) is 9.47 Å². The van der Waals surface area contributed by atoms with E-state index in [9.17, 15) is 4.79 Å². The lowest BCUT2D eigenvalue weighted by molar-refractivity contribution is -0.125. The Hall–Kier alpha value is -2.37. The van der Waals surface area contributed by atoms with Crippen molar-refractivity contribution in [3.63, 3.8) is 0 Å². The molecule has 1 N–H and O–H groups in total. The van der Waals surface area contributed by atoms with Crippen LogP contribution < -0.4 is 10.1 Å². The summed E-state index contributed by atoms with van der Waals surface area (Å²) in [5, 5.41) is 3.19. The van der Waals surface area contributed by atoms with Gasteiger partial charge in [0.1, 0.15) is 5.75 Å². The average Bonchev–Trinajstić information content (AvgIpc) is 2.98. The lowest BCUT2D eigenvalue weighted by Gasteiger charge is -2.43. The van der Waals surface area contributed by atoms with Crippen molar-refractivity contribution in [2.75, 3.05) is 33.9 Å². The van der Waals surface area contributed by atoms with Crippen LogP contribution in [0, 0.1) is 0 Å². The third kappa shape index (κ3) is 3.40. The molecule has 148 valence electrons. The van der Waals surface area contributed by atoms with E-state index in [1.165, 1.54) is 11.1 Å². The predicted molar refractivity (Wildman–Crippen MR) is 108 cm³/mol. The highest BCUT2D eigenvalue weighted by atomic mass is 16.5. The Morgan fingerprint density at radius 1 is 1.11 bits per heavy atom. The average molecular weight is 380 g/mol. The molecule has 1 fully saturated rings. The largest absolute Gasteiger partial charge is 0.484 e. The number of methoxy groups -OCH3 is 1. The lowest BCUT2D eigenvalue weighted by atomic mass is 9.72. The van der Waals surface area contributed by atoms with Gasteiger partial charge in [-0.05, 0) is 56.2 Å². The summed E-state index contributed by atoms with van der Waals surface area (Å²) in [4.78, 5) is 15.0. The minimum Gasteiger partial charge on any atom is -0.484 e. The van der Waals surface area contributed by atoms with Gasteiger partial charge in [0, 0.05) is 12.5 Å². The molecule has 1 aliphatic carbocycles. The Balaban J connectivity index is 1.54. The van der Waals surface area contributed by atoms with Crippen LogP contribution in [0.15, 0.2) is 54.6 Å². The number of benzene rings is 2. The van der Waals surface area contributed by atoms with Crippen LogP contribution in [0.3, 0.4) is 0 Å². The van der Waals surface area contributed by atoms with Gasteiger partial charge in [0.25, 0.3) is 5.91 Å². The zero-order chi connectivity index (χ0) is 19.6. The Bertz CT molecular complexity index is 816. The van der Waals surface area contributed by atoms with E-state index in [0.717, 1.165) is 25.9 Å². The summed E-state index contributed by atoms with van der Waals surface area (Å²) in [6.45, 7) is 2.06. The monoisotopic (exact) mass is 380 g/mol. The van der Waals surface area contributed by atoms with Crippen molar-refractivity contribution < 1.29 is 14.3 Å². The first-order valence-corrected chi connectivity index (χ1v) is 9.92. The summed E-state index contributed by atoms with van der Waals surface area (Å²) >= 11 is 0. The normalized spacial score (nSPS) is 23.4. The van der Waals surface area contributed by atoms with Crippen LogP contribution in [0.25, 0.3) is 0 Å². The highest BCUT2D eigenvalue weighted by Crippen LogP contribution is 2.51. The molecule has 2 atom stereocenters. The summed E-state index contributed by atoms with van der Waals surface area (Å²) in [6.07, 6.45) is 2.00. The minimum atomic E-state index is -0.156. The molecule has 28 heavy (non-hydrogen) atoms. The molecule has 1 spiro atoms. The Morgan fingerprint density at radius 2 is 1.79 bits per heavy atom. The summed E-state index contributed by atoms with van der Waals surface area (Å²) in [5.41, 5.74) is 2.45. The molecule has 5 nitrogen and oxygen atoms in total. The number of likely N-dealkylation sites (tertiary alicyclic amines) is 1. The van der Waals surface area contributed by atoms with Gasteiger partial charge in [0.05, 0.1) is 12.1 Å². The maximum absolute atomic E-state index is 12.7. The predicted octanol–water partition coefficient (Wildman–Crippen LogP) is 2.91. The van der Waals surface area contributed by atoms with Crippen LogP contribution in [-0.2, 0) is 14.9 Å². The molecule has 1 heterocycles. The number of piperidine rings is 1. The van der Waals surface area contributed by atoms with Crippen LogP contribution >= 0.6 is 0 Å². The number of carbonyl (C=O) groups is 1. The van der Waals surface area contributed by atoms with Gasteiger partial charge in [-0.1, -0.05) is 42.5 Å². The van der Waals surface area contributed by atoms with Crippen LogP contribution in [0.5, 0.6) is 5.75 Å². The Labute approximate surface area is 166 Å². The van der Waals surface area contributed by atoms with Gasteiger partial charge in [-0.25, -0.2) is 0 Å². The van der Waals surface area contributed by atoms with Gasteiger partial charge in [-0.2, -0.15) is 0 Å². The molecule has 0 aromatic heterocycles. The third-order valence-corrected chi connectivity index (χ3v) is 6.24. The van der Waals surface area contributed by atoms with Gasteiger partial charge in [0.15, 0.2) is 6.61 Å². The van der Waals surface area contributed by atoms with E-state index in [-0.39, 0.29) is 30.1 Å². The molecule has 1 aliphatic heterocycles. The number of fused-ring (bicyclic) bond motifs is 2. The number of rotatable bonds is 5. The van der Waals surface area contributed by atoms with Gasteiger partial charge >= 0.3 is 0 Å². The van der Waals surface area contributed by atoms with Crippen LogP contribution in [0.2, 0.25) is 0 Å². The second-order valence-electron chi connectivity index (χ2n) is 7.85. The molecule has 2 aromatic carbocycles. The number of carbonyl (C=O) groups excluding carboxylic acids is 1. The molecule has 1 amide bonds. The van der Waals surface area contributed by atoms with Gasteiger partial charge in [0.2, 0.25) is 0 Å². The van der Waals surface area contributed by atoms with E-state index >= 15 is 0 Å². The summed E-state index contributed by atoms with van der Waals surface area (Å²) < 4.78 is 11.7. The molecular formula is C23H28N2O3. The van der Waals surface area contributed by atoms with Crippen molar-refractivity contribution in [1.29, 1.82) is 0 Å². The molecule has 4 rings (SSSR count). The first-order valence-electron chi connectivity index (χ1n) is 9.92. The highest BCUT2D eigenvalue weighted by Gasteiger charge is 2.53. The molecule has 0 radical (unpaired) electrons. The third-order valence-electron chi connectivity index (χ3n) is 6.24. The Morgan fingerprint density at radius 3 is 2.50 bits per heavy atom. The zero-order valence-electron chi connectivity index (χ0n) is 16.6. The van der Waals surface area contributed by atoms with Crippen molar-refractivity contribution in [2.45, 2.75) is 30.4 Å². The summed E-state index contributed by atoms with van der Waals surface area (Å²) in [5.74, 6) is 0.565. The second kappa shape index (κ2) is 7.94. The zero-order valence-corrected chi connectivity index (χ0v) is 16.6. The van der Waals surface area contributed by atoms with Crippen molar-refractivity contribution in [1.82, 2.24) is 10.2 Å². The smallest absolute Gasteiger partial charge is 0.258 e. The number of nitrogens with one attached hydrogen (secondary N) is 1. The van der Waals surface area contributed by atoms with Crippen molar-refractivity contribution in [2.24, 2.45) is 0 Å². The molecular weight excluding hydrogens is 352 g/mol. The maximum Gasteiger partial charge on any atom is 0.258 e. The molecule has 2 aliphatic rings. The standard InChI is InChI=1S/C23H28N2O3/c1-25-14-12-23(13-15-25)19-11-7-6-10-18(19)21(22(23)27-2)24-20(26)16-28-17-8-4-3-5-9-17/h3-11,21-22H,12-16H2,1-2H3,(H,24,26)/t21-,22+/m0/s1. The summed E-state index contributed by atoms with van der Waals surface area (Å²) in [6, 6.07) is 17.7. The number of amides is 1. The lowest BCUT2D eigenvalue weighted by Crippen LogP contribution is -2.50. The maximum atomic E-state index is 12.7. The SMILES string of the molecule is CO[C@@H]1[C@@H](NC(=O)COc2ccccc2)c2ccccc2C12CCN(C)CC2. The minimum absolute atomic E-state index is 0.00511. The van der Waals surface area contributed by atoms with E-state index in [0.29, 0.717) is 5.75 Å². The van der Waals surface area contributed by atoms with Crippen LogP contribution in [0.4, 0.5) is 0 Å². The molecule has 1 saturated heterocycles. The number of ether oxygens (including phenoxy) is 2. The number of para-hydroxylation sites is 1. The second-order valence-corrected chi connectivity index (χ2v) is 7.85. The fourth-order valence-corrected chi connectivity index (χ4v) is 4.82. The first kappa shape index (κ1) is 19.0. The van der Waals surface area contributed by atoms with Crippen molar-refractivity contribution >= 4 is 5.91 Å². The number of hydrogen-bond acceptors (Lipinski definition) is 4. The van der Waals surface area contributed by atoms with Crippen LogP contribution in [0.1, 0.15) is 30.0 Å². The summed E-state index contributed by atoms with van der Waals surface area (Å²) in [7, 11) is 3.92. The van der Waals surface area contributed by atoms with Gasteiger partial charge in [-0.15, -0.1) is 0 Å². The molecule has 0 bridgehead atoms. The molecule has 5 heteroatoms. The fourth-order valence-electron chi connectivity index (χ4n) is 4.82. The number of hydrogen-bond donors (Lipinski definition) is 1. The van der Waals surface area contributed by atoms with Crippen molar-refractivity contribution in [3.8, 4) is 5.75 Å².